The third-order valence-corrected chi connectivity index (χ3v) is 2.62. The number of esters is 2. The van der Waals surface area contributed by atoms with Crippen LogP contribution in [0.25, 0.3) is 0 Å². The van der Waals surface area contributed by atoms with E-state index in [2.05, 4.69) is 10.8 Å². The van der Waals surface area contributed by atoms with Gasteiger partial charge in [-0.05, 0) is 26.2 Å². The zero-order valence-electron chi connectivity index (χ0n) is 9.20. The number of carbonyl (C=O) groups excluding carboxylic acids is 2. The van der Waals surface area contributed by atoms with Gasteiger partial charge in [-0.15, -0.1) is 0 Å². The van der Waals surface area contributed by atoms with Crippen LogP contribution in [0.4, 0.5) is 0 Å². The van der Waals surface area contributed by atoms with Gasteiger partial charge in [0.15, 0.2) is 0 Å². The first-order valence-corrected chi connectivity index (χ1v) is 5.59. The van der Waals surface area contributed by atoms with Crippen molar-refractivity contribution in [1.82, 2.24) is 0 Å². The van der Waals surface area contributed by atoms with Gasteiger partial charge in [0, 0.05) is 0 Å². The molecule has 84 valence electrons. The van der Waals surface area contributed by atoms with Gasteiger partial charge < -0.3 is 4.74 Å². The highest BCUT2D eigenvalue weighted by atomic mass is 16.6. The van der Waals surface area contributed by atoms with Crippen LogP contribution in [0.5, 0.6) is 0 Å². The number of hydrogen-bond acceptors (Lipinski definition) is 3. The lowest BCUT2D eigenvalue weighted by Crippen LogP contribution is -2.06. The largest absolute Gasteiger partial charge is 0.393 e. The van der Waals surface area contributed by atoms with Crippen molar-refractivity contribution in [1.29, 1.82) is 0 Å². The Morgan fingerprint density at radius 3 is 2.73 bits per heavy atom. The van der Waals surface area contributed by atoms with Gasteiger partial charge in [-0.3, -0.25) is 9.59 Å². The van der Waals surface area contributed by atoms with Gasteiger partial charge in [-0.2, -0.15) is 0 Å². The molecule has 1 aliphatic heterocycles. The van der Waals surface area contributed by atoms with Crippen LogP contribution in [0.3, 0.4) is 0 Å². The molecule has 0 N–H and O–H groups in total. The molecule has 3 nitrogen and oxygen atoms in total. The molecule has 1 aliphatic rings. The average Bonchev–Trinajstić information content (AvgIpc) is 2.51. The van der Waals surface area contributed by atoms with Gasteiger partial charge in [-0.25, -0.2) is 0 Å². The molecule has 1 saturated heterocycles. The van der Waals surface area contributed by atoms with Crippen molar-refractivity contribution in [2.75, 3.05) is 0 Å². The van der Waals surface area contributed by atoms with E-state index in [9.17, 15) is 9.59 Å². The molecule has 3 heteroatoms. The summed E-state index contributed by atoms with van der Waals surface area (Å²) in [7, 11) is 0. The predicted octanol–water partition coefficient (Wildman–Crippen LogP) is 2.60. The van der Waals surface area contributed by atoms with Gasteiger partial charge in [0.2, 0.25) is 0 Å². The quantitative estimate of drug-likeness (QED) is 0.293. The molecule has 0 spiro atoms. The van der Waals surface area contributed by atoms with Crippen molar-refractivity contribution in [2.24, 2.45) is 5.92 Å². The third-order valence-electron chi connectivity index (χ3n) is 2.62. The van der Waals surface area contributed by atoms with Gasteiger partial charge in [0.1, 0.15) is 0 Å². The number of allylic oxidation sites excluding steroid dienone is 2. The van der Waals surface area contributed by atoms with E-state index in [1.54, 1.807) is 0 Å². The lowest BCUT2D eigenvalue weighted by molar-refractivity contribution is -0.153. The maximum Gasteiger partial charge on any atom is 0.317 e. The first-order chi connectivity index (χ1) is 7.24. The predicted molar refractivity (Wildman–Crippen MR) is 57.1 cm³/mol. The summed E-state index contributed by atoms with van der Waals surface area (Å²) in [5.74, 6) is -0.855. The van der Waals surface area contributed by atoms with E-state index < -0.39 is 0 Å². The molecule has 1 unspecified atom stereocenters. The SMILES string of the molecule is C/C=C/CCCCCC1CC(=O)OC1=O. The van der Waals surface area contributed by atoms with Crippen molar-refractivity contribution in [3.05, 3.63) is 12.2 Å². The summed E-state index contributed by atoms with van der Waals surface area (Å²) < 4.78 is 4.48. The average molecular weight is 210 g/mol. The molecule has 1 atom stereocenters. The Bertz CT molecular complexity index is 256. The number of carbonyl (C=O) groups is 2. The van der Waals surface area contributed by atoms with Crippen LogP contribution in [0, 0.1) is 5.92 Å². The first-order valence-electron chi connectivity index (χ1n) is 5.59. The van der Waals surface area contributed by atoms with E-state index in [-0.39, 0.29) is 24.3 Å². The Morgan fingerprint density at radius 1 is 1.33 bits per heavy atom. The molecule has 1 rings (SSSR count). The Hall–Kier alpha value is -1.12. The molecule has 0 bridgehead atoms. The van der Waals surface area contributed by atoms with Crippen LogP contribution in [0.15, 0.2) is 12.2 Å². The van der Waals surface area contributed by atoms with Gasteiger partial charge in [-0.1, -0.05) is 25.0 Å². The molecular weight excluding hydrogens is 192 g/mol. The Morgan fingerprint density at radius 2 is 2.13 bits per heavy atom. The zero-order valence-corrected chi connectivity index (χ0v) is 9.20. The van der Waals surface area contributed by atoms with Gasteiger partial charge in [0.05, 0.1) is 12.3 Å². The fourth-order valence-corrected chi connectivity index (χ4v) is 1.74. The van der Waals surface area contributed by atoms with E-state index in [0.717, 1.165) is 32.1 Å². The highest BCUT2D eigenvalue weighted by molar-refractivity contribution is 5.94. The number of ether oxygens (including phenoxy) is 1. The lowest BCUT2D eigenvalue weighted by Gasteiger charge is -2.02. The highest BCUT2D eigenvalue weighted by Crippen LogP contribution is 2.22. The molecule has 1 fully saturated rings. The number of cyclic esters (lactones) is 2. The summed E-state index contributed by atoms with van der Waals surface area (Å²) >= 11 is 0. The van der Waals surface area contributed by atoms with Gasteiger partial charge >= 0.3 is 11.9 Å². The third kappa shape index (κ3) is 4.28. The molecular formula is C12H18O3. The summed E-state index contributed by atoms with van der Waals surface area (Å²) in [4.78, 5) is 21.9. The van der Waals surface area contributed by atoms with Crippen molar-refractivity contribution in [3.63, 3.8) is 0 Å². The van der Waals surface area contributed by atoms with E-state index in [1.165, 1.54) is 0 Å². The first kappa shape index (κ1) is 12.0. The molecule has 0 aromatic rings. The van der Waals surface area contributed by atoms with Crippen LogP contribution in [-0.2, 0) is 14.3 Å². The fourth-order valence-electron chi connectivity index (χ4n) is 1.74. The molecule has 15 heavy (non-hydrogen) atoms. The minimum Gasteiger partial charge on any atom is -0.393 e. The molecule has 1 heterocycles. The van der Waals surface area contributed by atoms with Crippen LogP contribution >= 0.6 is 0 Å². The van der Waals surface area contributed by atoms with Crippen molar-refractivity contribution < 1.29 is 14.3 Å². The fraction of sp³-hybridized carbons (Fsp3) is 0.667. The summed E-state index contributed by atoms with van der Waals surface area (Å²) in [6.45, 7) is 2.01. The van der Waals surface area contributed by atoms with Crippen LogP contribution in [-0.4, -0.2) is 11.9 Å². The van der Waals surface area contributed by atoms with Gasteiger partial charge in [0.25, 0.3) is 0 Å². The van der Waals surface area contributed by atoms with Crippen LogP contribution < -0.4 is 0 Å². The maximum atomic E-state index is 11.1. The summed E-state index contributed by atoms with van der Waals surface area (Å²) in [6, 6.07) is 0. The second kappa shape index (κ2) is 6.38. The standard InChI is InChI=1S/C12H18O3/c1-2-3-4-5-6-7-8-10-9-11(13)15-12(10)14/h2-3,10H,4-9H2,1H3/b3-2+. The lowest BCUT2D eigenvalue weighted by atomic mass is 9.99. The maximum absolute atomic E-state index is 11.1. The van der Waals surface area contributed by atoms with E-state index >= 15 is 0 Å². The van der Waals surface area contributed by atoms with Crippen molar-refractivity contribution >= 4 is 11.9 Å². The molecule has 0 aromatic carbocycles. The minimum absolute atomic E-state index is 0.167. The van der Waals surface area contributed by atoms with E-state index in [1.807, 2.05) is 13.0 Å². The second-order valence-corrected chi connectivity index (χ2v) is 3.90. The molecule has 0 aromatic heterocycles. The van der Waals surface area contributed by atoms with E-state index in [0.29, 0.717) is 0 Å². The van der Waals surface area contributed by atoms with Crippen LogP contribution in [0.1, 0.15) is 45.4 Å². The minimum atomic E-state index is -0.362. The summed E-state index contributed by atoms with van der Waals surface area (Å²) in [5, 5.41) is 0. The zero-order chi connectivity index (χ0) is 11.1. The van der Waals surface area contributed by atoms with E-state index in [4.69, 9.17) is 0 Å². The van der Waals surface area contributed by atoms with Crippen molar-refractivity contribution in [3.8, 4) is 0 Å². The van der Waals surface area contributed by atoms with Crippen LogP contribution in [0.2, 0.25) is 0 Å². The Balaban J connectivity index is 2.05. The molecule has 0 saturated carbocycles. The number of hydrogen-bond donors (Lipinski definition) is 0. The second-order valence-electron chi connectivity index (χ2n) is 3.90. The Kier molecular flexibility index (Phi) is 5.08. The topological polar surface area (TPSA) is 43.4 Å². The molecule has 0 amide bonds. The Labute approximate surface area is 90.5 Å². The smallest absolute Gasteiger partial charge is 0.317 e. The summed E-state index contributed by atoms with van der Waals surface area (Å²) in [5.41, 5.74) is 0. The normalized spacial score (nSPS) is 21.3. The number of rotatable bonds is 6. The highest BCUT2D eigenvalue weighted by Gasteiger charge is 2.32. The number of unbranched alkanes of at least 4 members (excludes halogenated alkanes) is 3. The molecule has 0 aliphatic carbocycles. The monoisotopic (exact) mass is 210 g/mol. The van der Waals surface area contributed by atoms with Crippen molar-refractivity contribution in [2.45, 2.75) is 45.4 Å². The molecule has 0 radical (unpaired) electrons. The summed E-state index contributed by atoms with van der Waals surface area (Å²) in [6.07, 6.45) is 9.64.